The summed E-state index contributed by atoms with van der Waals surface area (Å²) in [5, 5.41) is 6.02. The van der Waals surface area contributed by atoms with E-state index >= 15 is 0 Å². The molecule has 2 heterocycles. The Morgan fingerprint density at radius 1 is 0.875 bits per heavy atom. The zero-order valence-corrected chi connectivity index (χ0v) is 23.2. The second-order valence-corrected chi connectivity index (χ2v) is 9.52. The molecule has 0 amide bonds. The van der Waals surface area contributed by atoms with Gasteiger partial charge in [-0.2, -0.15) is 0 Å². The average molecular weight is 540 g/mol. The number of ether oxygens (including phenoxy) is 2. The maximum absolute atomic E-state index is 13.6. The number of hydrogen-bond donors (Lipinski definition) is 2. The van der Waals surface area contributed by atoms with Gasteiger partial charge in [-0.1, -0.05) is 36.4 Å². The van der Waals surface area contributed by atoms with Crippen LogP contribution in [0.1, 0.15) is 25.0 Å². The van der Waals surface area contributed by atoms with Crippen LogP contribution in [-0.2, 0) is 27.2 Å². The number of aromatic nitrogens is 3. The van der Waals surface area contributed by atoms with Crippen molar-refractivity contribution in [1.29, 1.82) is 0 Å². The molecule has 0 fully saturated rings. The van der Waals surface area contributed by atoms with E-state index in [0.717, 1.165) is 20.9 Å². The van der Waals surface area contributed by atoms with Crippen LogP contribution in [0.5, 0.6) is 11.5 Å². The third-order valence-electron chi connectivity index (χ3n) is 6.96. The lowest BCUT2D eigenvalue weighted by atomic mass is 9.96. The molecule has 5 aromatic rings. The van der Waals surface area contributed by atoms with E-state index in [1.54, 1.807) is 7.05 Å². The number of aryl methyl sites for hydroxylation is 1. The second-order valence-electron chi connectivity index (χ2n) is 9.52. The maximum atomic E-state index is 13.6. The highest BCUT2D eigenvalue weighted by molar-refractivity contribution is 5.97. The second kappa shape index (κ2) is 11.2. The van der Waals surface area contributed by atoms with Gasteiger partial charge in [0.2, 0.25) is 0 Å². The van der Waals surface area contributed by atoms with E-state index < -0.39 is 11.2 Å². The summed E-state index contributed by atoms with van der Waals surface area (Å²) in [7, 11) is 3.07. The molecule has 0 bridgehead atoms. The molecule has 0 aliphatic heterocycles. The Hall–Kier alpha value is -4.63. The number of fused-ring (bicyclic) bond motifs is 2. The van der Waals surface area contributed by atoms with Gasteiger partial charge in [0.05, 0.1) is 18.6 Å². The molecule has 3 aromatic carbocycles. The lowest BCUT2D eigenvalue weighted by Gasteiger charge is -2.20. The molecule has 0 aliphatic rings. The Bertz CT molecular complexity index is 1820. The van der Waals surface area contributed by atoms with E-state index in [1.807, 2.05) is 44.2 Å². The zero-order chi connectivity index (χ0) is 28.4. The van der Waals surface area contributed by atoms with Crippen molar-refractivity contribution in [3.05, 3.63) is 92.6 Å². The van der Waals surface area contributed by atoms with Crippen LogP contribution in [0.4, 0.5) is 5.82 Å². The Balaban J connectivity index is 1.75. The molecule has 206 valence electrons. The number of anilines is 1. The fraction of sp³-hybridized carbons (Fsp3) is 0.258. The van der Waals surface area contributed by atoms with Gasteiger partial charge in [-0.3, -0.25) is 13.9 Å². The fourth-order valence-electron chi connectivity index (χ4n) is 5.04. The van der Waals surface area contributed by atoms with Crippen LogP contribution in [0, 0.1) is 0 Å². The minimum atomic E-state index is -0.463. The molecule has 0 unspecified atom stereocenters. The maximum Gasteiger partial charge on any atom is 0.332 e. The van der Waals surface area contributed by atoms with E-state index in [2.05, 4.69) is 35.6 Å². The number of rotatable bonds is 9. The predicted octanol–water partition coefficient (Wildman–Crippen LogP) is 4.32. The SMILES string of the molecule is CCOc1cc(OCC)cc(-c2c(CN)c(NCc3ccc4ccccc4c3)nc3c2c(=O)n(C)c(=O)n3C)c1. The van der Waals surface area contributed by atoms with E-state index in [9.17, 15) is 9.59 Å². The molecule has 9 heteroatoms. The number of benzene rings is 3. The van der Waals surface area contributed by atoms with Gasteiger partial charge in [-0.05, 0) is 53.9 Å². The molecular weight excluding hydrogens is 506 g/mol. The van der Waals surface area contributed by atoms with E-state index in [0.29, 0.717) is 59.2 Å². The highest BCUT2D eigenvalue weighted by atomic mass is 16.5. The number of nitrogens with two attached hydrogens (primary N) is 1. The molecule has 2 aromatic heterocycles. The van der Waals surface area contributed by atoms with E-state index in [4.69, 9.17) is 20.2 Å². The highest BCUT2D eigenvalue weighted by Gasteiger charge is 2.23. The number of nitrogens with one attached hydrogen (secondary N) is 1. The normalized spacial score (nSPS) is 11.2. The first-order valence-corrected chi connectivity index (χ1v) is 13.3. The summed E-state index contributed by atoms with van der Waals surface area (Å²) in [6, 6.07) is 20.0. The summed E-state index contributed by atoms with van der Waals surface area (Å²) in [6.07, 6.45) is 0. The van der Waals surface area contributed by atoms with Crippen LogP contribution in [0.25, 0.3) is 32.9 Å². The third-order valence-corrected chi connectivity index (χ3v) is 6.96. The fourth-order valence-corrected chi connectivity index (χ4v) is 5.04. The minimum absolute atomic E-state index is 0.104. The molecule has 0 saturated carbocycles. The van der Waals surface area contributed by atoms with Crippen LogP contribution in [-0.4, -0.2) is 27.3 Å². The lowest BCUT2D eigenvalue weighted by molar-refractivity contribution is 0.323. The van der Waals surface area contributed by atoms with Crippen molar-refractivity contribution in [3.63, 3.8) is 0 Å². The van der Waals surface area contributed by atoms with Gasteiger partial charge >= 0.3 is 5.69 Å². The van der Waals surface area contributed by atoms with Crippen LogP contribution in [0.15, 0.2) is 70.3 Å². The standard InChI is InChI=1S/C31H33N5O4/c1-5-39-23-14-22(15-24(16-23)40-6-2)26-25(17-32)28(34-29-27(26)30(37)36(4)31(38)35(29)3)33-18-19-11-12-20-9-7-8-10-21(20)13-19/h7-16H,5-6,17-18,32H2,1-4H3,(H,33,34). The van der Waals surface area contributed by atoms with Crippen molar-refractivity contribution in [1.82, 2.24) is 14.1 Å². The molecule has 0 atom stereocenters. The van der Waals surface area contributed by atoms with Gasteiger partial charge in [0.25, 0.3) is 5.56 Å². The first-order chi connectivity index (χ1) is 19.4. The topological polar surface area (TPSA) is 113 Å². The Labute approximate surface area is 231 Å². The summed E-state index contributed by atoms with van der Waals surface area (Å²) >= 11 is 0. The third kappa shape index (κ3) is 4.91. The Kier molecular flexibility index (Phi) is 7.57. The first kappa shape index (κ1) is 27.0. The molecular formula is C31H33N5O4. The number of pyridine rings is 1. The summed E-state index contributed by atoms with van der Waals surface area (Å²) in [5.41, 5.74) is 8.69. The number of nitrogens with zero attached hydrogens (tertiary/aromatic N) is 3. The average Bonchev–Trinajstić information content (AvgIpc) is 2.97. The van der Waals surface area contributed by atoms with Crippen molar-refractivity contribution in [2.24, 2.45) is 19.8 Å². The molecule has 0 aliphatic carbocycles. The van der Waals surface area contributed by atoms with Crippen molar-refractivity contribution < 1.29 is 9.47 Å². The highest BCUT2D eigenvalue weighted by Crippen LogP contribution is 2.37. The monoisotopic (exact) mass is 539 g/mol. The molecule has 5 rings (SSSR count). The summed E-state index contributed by atoms with van der Waals surface area (Å²) < 4.78 is 14.1. The molecule has 9 nitrogen and oxygen atoms in total. The smallest absolute Gasteiger partial charge is 0.332 e. The van der Waals surface area contributed by atoms with Crippen LogP contribution in [0.3, 0.4) is 0 Å². The molecule has 0 spiro atoms. The lowest BCUT2D eigenvalue weighted by Crippen LogP contribution is -2.38. The van der Waals surface area contributed by atoms with Crippen LogP contribution >= 0.6 is 0 Å². The van der Waals surface area contributed by atoms with Crippen molar-refractivity contribution in [2.75, 3.05) is 18.5 Å². The zero-order valence-electron chi connectivity index (χ0n) is 23.2. The first-order valence-electron chi connectivity index (χ1n) is 13.3. The Morgan fingerprint density at radius 3 is 2.20 bits per heavy atom. The van der Waals surface area contributed by atoms with E-state index in [-0.39, 0.29) is 12.2 Å². The van der Waals surface area contributed by atoms with Gasteiger partial charge in [-0.25, -0.2) is 9.78 Å². The van der Waals surface area contributed by atoms with Crippen LogP contribution in [0.2, 0.25) is 0 Å². The van der Waals surface area contributed by atoms with Crippen molar-refractivity contribution in [3.8, 4) is 22.6 Å². The number of hydrogen-bond acceptors (Lipinski definition) is 7. The molecule has 40 heavy (non-hydrogen) atoms. The van der Waals surface area contributed by atoms with Crippen molar-refractivity contribution in [2.45, 2.75) is 26.9 Å². The summed E-state index contributed by atoms with van der Waals surface area (Å²) in [5.74, 6) is 1.70. The summed E-state index contributed by atoms with van der Waals surface area (Å²) in [6.45, 7) is 5.31. The van der Waals surface area contributed by atoms with Gasteiger partial charge < -0.3 is 20.5 Å². The van der Waals surface area contributed by atoms with E-state index in [1.165, 1.54) is 11.6 Å². The molecule has 3 N–H and O–H groups in total. The Morgan fingerprint density at radius 2 is 1.55 bits per heavy atom. The van der Waals surface area contributed by atoms with Crippen molar-refractivity contribution >= 4 is 27.6 Å². The van der Waals surface area contributed by atoms with Crippen LogP contribution < -0.4 is 31.8 Å². The largest absolute Gasteiger partial charge is 0.494 e. The van der Waals surface area contributed by atoms with Gasteiger partial charge in [0, 0.05) is 44.4 Å². The summed E-state index contributed by atoms with van der Waals surface area (Å²) in [4.78, 5) is 31.3. The quantitative estimate of drug-likeness (QED) is 0.287. The van der Waals surface area contributed by atoms with Gasteiger partial charge in [0.15, 0.2) is 5.65 Å². The van der Waals surface area contributed by atoms with Gasteiger partial charge in [0.1, 0.15) is 17.3 Å². The minimum Gasteiger partial charge on any atom is -0.494 e. The molecule has 0 saturated heterocycles. The molecule has 0 radical (unpaired) electrons. The predicted molar refractivity (Wildman–Crippen MR) is 159 cm³/mol. The van der Waals surface area contributed by atoms with Gasteiger partial charge in [-0.15, -0.1) is 0 Å².